The molecule has 2 N–H and O–H groups in total. The van der Waals surface area contributed by atoms with E-state index >= 15 is 0 Å². The van der Waals surface area contributed by atoms with E-state index in [2.05, 4.69) is 5.32 Å². The lowest BCUT2D eigenvalue weighted by molar-refractivity contribution is -0.147. The summed E-state index contributed by atoms with van der Waals surface area (Å²) in [5.41, 5.74) is 1.53. The van der Waals surface area contributed by atoms with Crippen LogP contribution in [-0.4, -0.2) is 41.5 Å². The minimum Gasteiger partial charge on any atom is -0.481 e. The first-order chi connectivity index (χ1) is 9.89. The summed E-state index contributed by atoms with van der Waals surface area (Å²) in [6.45, 7) is 5.60. The van der Waals surface area contributed by atoms with E-state index in [1.807, 2.05) is 36.1 Å². The van der Waals surface area contributed by atoms with Crippen LogP contribution in [0.25, 0.3) is 0 Å². The Morgan fingerprint density at radius 2 is 2.00 bits per heavy atom. The average molecular weight is 290 g/mol. The summed E-state index contributed by atoms with van der Waals surface area (Å²) in [7, 11) is 0. The van der Waals surface area contributed by atoms with Gasteiger partial charge in [-0.15, -0.1) is 0 Å². The molecule has 114 valence electrons. The van der Waals surface area contributed by atoms with E-state index in [0.29, 0.717) is 26.1 Å². The van der Waals surface area contributed by atoms with Gasteiger partial charge < -0.3 is 10.4 Å². The number of nitrogens with zero attached hydrogens (tertiary/aromatic N) is 1. The van der Waals surface area contributed by atoms with Gasteiger partial charge >= 0.3 is 5.97 Å². The van der Waals surface area contributed by atoms with E-state index in [0.717, 1.165) is 5.56 Å². The molecule has 1 aliphatic rings. The fraction of sp³-hybridized carbons (Fsp3) is 0.500. The second-order valence-corrected chi connectivity index (χ2v) is 6.09. The first-order valence-corrected chi connectivity index (χ1v) is 7.17. The number of aliphatic carboxylic acids is 1. The molecule has 1 aromatic rings. The summed E-state index contributed by atoms with van der Waals surface area (Å²) in [5, 5.41) is 12.0. The Morgan fingerprint density at radius 1 is 1.33 bits per heavy atom. The van der Waals surface area contributed by atoms with Gasteiger partial charge in [-0.2, -0.15) is 0 Å². The number of benzene rings is 1. The number of aryl methyl sites for hydroxylation is 1. The Bertz CT molecular complexity index is 527. The third kappa shape index (κ3) is 4.04. The average Bonchev–Trinajstić information content (AvgIpc) is 2.81. The quantitative estimate of drug-likeness (QED) is 0.860. The molecule has 0 aliphatic carbocycles. The van der Waals surface area contributed by atoms with Crippen LogP contribution < -0.4 is 5.32 Å². The Balaban J connectivity index is 1.78. The van der Waals surface area contributed by atoms with Crippen LogP contribution in [0, 0.1) is 12.3 Å². The standard InChI is InChI=1S/C16H22N2O3/c1-12-3-5-13(6-4-12)9-17-14(19)10-18-8-7-16(2,11-18)15(20)21/h3-6H,7-11H2,1-2H3,(H,17,19)(H,20,21). The van der Waals surface area contributed by atoms with Gasteiger partial charge in [0.05, 0.1) is 12.0 Å². The van der Waals surface area contributed by atoms with Crippen molar-refractivity contribution in [2.45, 2.75) is 26.8 Å². The molecule has 1 aromatic carbocycles. The molecule has 1 unspecified atom stereocenters. The highest BCUT2D eigenvalue weighted by Gasteiger charge is 2.40. The number of amides is 1. The lowest BCUT2D eigenvalue weighted by Gasteiger charge is -2.19. The predicted octanol–water partition coefficient (Wildman–Crippen LogP) is 1.41. The number of likely N-dealkylation sites (tertiary alicyclic amines) is 1. The maximum atomic E-state index is 11.9. The summed E-state index contributed by atoms with van der Waals surface area (Å²) in [6, 6.07) is 8.01. The van der Waals surface area contributed by atoms with E-state index in [1.54, 1.807) is 6.92 Å². The van der Waals surface area contributed by atoms with Crippen LogP contribution in [0.3, 0.4) is 0 Å². The van der Waals surface area contributed by atoms with Gasteiger partial charge in [0.2, 0.25) is 5.91 Å². The minimum absolute atomic E-state index is 0.0646. The normalized spacial score (nSPS) is 22.2. The summed E-state index contributed by atoms with van der Waals surface area (Å²) in [5.74, 6) is -0.852. The molecule has 2 rings (SSSR count). The lowest BCUT2D eigenvalue weighted by atomic mass is 9.90. The molecule has 21 heavy (non-hydrogen) atoms. The van der Waals surface area contributed by atoms with Crippen LogP contribution in [0.5, 0.6) is 0 Å². The van der Waals surface area contributed by atoms with Gasteiger partial charge in [0.1, 0.15) is 0 Å². The fourth-order valence-electron chi connectivity index (χ4n) is 2.53. The van der Waals surface area contributed by atoms with E-state index < -0.39 is 11.4 Å². The molecule has 0 aromatic heterocycles. The number of hydrogen-bond acceptors (Lipinski definition) is 3. The van der Waals surface area contributed by atoms with Crippen molar-refractivity contribution in [3.05, 3.63) is 35.4 Å². The maximum Gasteiger partial charge on any atom is 0.310 e. The van der Waals surface area contributed by atoms with Gasteiger partial charge in [-0.1, -0.05) is 29.8 Å². The number of carbonyl (C=O) groups excluding carboxylic acids is 1. The second kappa shape index (κ2) is 6.26. The topological polar surface area (TPSA) is 69.6 Å². The first-order valence-electron chi connectivity index (χ1n) is 7.17. The third-order valence-corrected chi connectivity index (χ3v) is 4.05. The number of nitrogens with one attached hydrogen (secondary N) is 1. The molecule has 0 spiro atoms. The van der Waals surface area contributed by atoms with Crippen LogP contribution >= 0.6 is 0 Å². The molecule has 1 heterocycles. The summed E-state index contributed by atoms with van der Waals surface area (Å²) < 4.78 is 0. The predicted molar refractivity (Wildman–Crippen MR) is 79.8 cm³/mol. The Hall–Kier alpha value is -1.88. The molecule has 0 radical (unpaired) electrons. The highest BCUT2D eigenvalue weighted by atomic mass is 16.4. The van der Waals surface area contributed by atoms with Gasteiger partial charge in [0.15, 0.2) is 0 Å². The molecule has 5 nitrogen and oxygen atoms in total. The van der Waals surface area contributed by atoms with Crippen molar-refractivity contribution in [3.63, 3.8) is 0 Å². The Morgan fingerprint density at radius 3 is 2.57 bits per heavy atom. The van der Waals surface area contributed by atoms with Crippen LogP contribution in [0.4, 0.5) is 0 Å². The van der Waals surface area contributed by atoms with Crippen molar-refractivity contribution in [1.29, 1.82) is 0 Å². The van der Waals surface area contributed by atoms with E-state index in [4.69, 9.17) is 0 Å². The summed E-state index contributed by atoms with van der Waals surface area (Å²) in [6.07, 6.45) is 0.591. The number of carboxylic acid groups (broad SMARTS) is 1. The molecular formula is C16H22N2O3. The highest BCUT2D eigenvalue weighted by molar-refractivity contribution is 5.79. The van der Waals surface area contributed by atoms with Crippen molar-refractivity contribution in [1.82, 2.24) is 10.2 Å². The molecule has 0 bridgehead atoms. The second-order valence-electron chi connectivity index (χ2n) is 6.09. The Kier molecular flexibility index (Phi) is 4.63. The van der Waals surface area contributed by atoms with Crippen molar-refractivity contribution >= 4 is 11.9 Å². The third-order valence-electron chi connectivity index (χ3n) is 4.05. The summed E-state index contributed by atoms with van der Waals surface area (Å²) >= 11 is 0. The zero-order valence-corrected chi connectivity index (χ0v) is 12.6. The smallest absolute Gasteiger partial charge is 0.310 e. The first kappa shape index (κ1) is 15.5. The minimum atomic E-state index is -0.787. The van der Waals surface area contributed by atoms with E-state index in [1.165, 1.54) is 5.56 Å². The van der Waals surface area contributed by atoms with Crippen molar-refractivity contribution in [2.75, 3.05) is 19.6 Å². The Labute approximate surface area is 125 Å². The van der Waals surface area contributed by atoms with Crippen molar-refractivity contribution < 1.29 is 14.7 Å². The van der Waals surface area contributed by atoms with Crippen LogP contribution in [0.1, 0.15) is 24.5 Å². The highest BCUT2D eigenvalue weighted by Crippen LogP contribution is 2.29. The molecule has 0 saturated carbocycles. The zero-order valence-electron chi connectivity index (χ0n) is 12.6. The number of hydrogen-bond donors (Lipinski definition) is 2. The summed E-state index contributed by atoms with van der Waals surface area (Å²) in [4.78, 5) is 25.0. The lowest BCUT2D eigenvalue weighted by Crippen LogP contribution is -2.38. The maximum absolute atomic E-state index is 11.9. The molecule has 1 aliphatic heterocycles. The zero-order chi connectivity index (χ0) is 15.5. The van der Waals surface area contributed by atoms with Crippen molar-refractivity contribution in [3.8, 4) is 0 Å². The van der Waals surface area contributed by atoms with Crippen LogP contribution in [0.2, 0.25) is 0 Å². The SMILES string of the molecule is Cc1ccc(CNC(=O)CN2CCC(C)(C(=O)O)C2)cc1. The van der Waals surface area contributed by atoms with Gasteiger partial charge in [0.25, 0.3) is 0 Å². The molecule has 5 heteroatoms. The molecule has 1 saturated heterocycles. The largest absolute Gasteiger partial charge is 0.481 e. The molecule has 1 fully saturated rings. The van der Waals surface area contributed by atoms with Gasteiger partial charge in [-0.25, -0.2) is 0 Å². The van der Waals surface area contributed by atoms with Crippen molar-refractivity contribution in [2.24, 2.45) is 5.41 Å². The van der Waals surface area contributed by atoms with Crippen LogP contribution in [-0.2, 0) is 16.1 Å². The molecular weight excluding hydrogens is 268 g/mol. The van der Waals surface area contributed by atoms with Gasteiger partial charge in [-0.05, 0) is 32.4 Å². The molecule has 1 amide bonds. The fourth-order valence-corrected chi connectivity index (χ4v) is 2.53. The number of carbonyl (C=O) groups is 2. The molecule has 1 atom stereocenters. The monoisotopic (exact) mass is 290 g/mol. The van der Waals surface area contributed by atoms with Gasteiger partial charge in [0, 0.05) is 13.1 Å². The van der Waals surface area contributed by atoms with Gasteiger partial charge in [-0.3, -0.25) is 14.5 Å². The number of rotatable bonds is 5. The van der Waals surface area contributed by atoms with E-state index in [-0.39, 0.29) is 12.5 Å². The van der Waals surface area contributed by atoms with Crippen LogP contribution in [0.15, 0.2) is 24.3 Å². The van der Waals surface area contributed by atoms with E-state index in [9.17, 15) is 14.7 Å². The number of carboxylic acids is 1.